The summed E-state index contributed by atoms with van der Waals surface area (Å²) in [5.41, 5.74) is 2.77. The average Bonchev–Trinajstić information content (AvgIpc) is 2.94. The van der Waals surface area contributed by atoms with Crippen molar-refractivity contribution in [3.8, 4) is 0 Å². The Bertz CT molecular complexity index is 857. The number of halogens is 6. The second-order valence-electron chi connectivity index (χ2n) is 4.84. The van der Waals surface area contributed by atoms with Crippen LogP contribution in [0, 0.1) is 6.92 Å². The molecule has 0 radical (unpaired) electrons. The number of nitrogens with two attached hydrogens (primary N) is 1. The molecule has 140 valence electrons. The lowest BCUT2D eigenvalue weighted by molar-refractivity contribution is -0.141. The summed E-state index contributed by atoms with van der Waals surface area (Å²) in [6.07, 6.45) is -9.51. The van der Waals surface area contributed by atoms with Crippen LogP contribution in [0.4, 0.5) is 26.3 Å². The zero-order chi connectivity index (χ0) is 19.7. The number of carbonyl (C=O) groups is 1. The molecular weight excluding hydrogens is 388 g/mol. The van der Waals surface area contributed by atoms with Gasteiger partial charge in [0.15, 0.2) is 11.5 Å². The van der Waals surface area contributed by atoms with Gasteiger partial charge in [-0.25, -0.2) is 9.78 Å². The minimum absolute atomic E-state index is 0.0286. The Kier molecular flexibility index (Phi) is 5.26. The summed E-state index contributed by atoms with van der Waals surface area (Å²) < 4.78 is 76.4. The lowest BCUT2D eigenvalue weighted by Gasteiger charge is -2.08. The predicted molar refractivity (Wildman–Crippen MR) is 79.4 cm³/mol. The van der Waals surface area contributed by atoms with Gasteiger partial charge in [0.1, 0.15) is 4.88 Å². The van der Waals surface area contributed by atoms with Crippen LogP contribution in [-0.4, -0.2) is 16.8 Å². The molecule has 1 aromatic carbocycles. The molecule has 0 atom stereocenters. The number of hydrogen-bond acceptors (Lipinski definition) is 5. The molecular formula is C14H9F6N3O2S. The van der Waals surface area contributed by atoms with Gasteiger partial charge in [-0.2, -0.15) is 26.3 Å². The second kappa shape index (κ2) is 6.94. The van der Waals surface area contributed by atoms with Crippen molar-refractivity contribution in [1.29, 1.82) is 0 Å². The minimum atomic E-state index is -4.88. The summed E-state index contributed by atoms with van der Waals surface area (Å²) in [7, 11) is 0. The number of alkyl halides is 6. The van der Waals surface area contributed by atoms with Gasteiger partial charge in [0.05, 0.1) is 10.6 Å². The van der Waals surface area contributed by atoms with Gasteiger partial charge in [0.25, 0.3) is 0 Å². The number of amidine groups is 1. The third-order valence-electron chi connectivity index (χ3n) is 2.90. The molecule has 0 unspecified atom stereocenters. The zero-order valence-electron chi connectivity index (χ0n) is 12.8. The van der Waals surface area contributed by atoms with Gasteiger partial charge in [-0.05, 0) is 19.1 Å². The summed E-state index contributed by atoms with van der Waals surface area (Å²) in [5.74, 6) is -2.09. The average molecular weight is 397 g/mol. The van der Waals surface area contributed by atoms with Crippen molar-refractivity contribution in [2.45, 2.75) is 19.3 Å². The second-order valence-corrected chi connectivity index (χ2v) is 6.05. The highest BCUT2D eigenvalue weighted by atomic mass is 32.1. The van der Waals surface area contributed by atoms with Crippen LogP contribution in [-0.2, 0) is 17.2 Å². The fourth-order valence-electron chi connectivity index (χ4n) is 1.80. The highest BCUT2D eigenvalue weighted by Crippen LogP contribution is 2.34. The molecule has 0 fully saturated rings. The first kappa shape index (κ1) is 19.7. The third kappa shape index (κ3) is 4.50. The van der Waals surface area contributed by atoms with Crippen LogP contribution < -0.4 is 5.73 Å². The van der Waals surface area contributed by atoms with Crippen LogP contribution in [0.2, 0.25) is 0 Å². The number of aromatic nitrogens is 1. The molecule has 2 aromatic rings. The van der Waals surface area contributed by atoms with Crippen LogP contribution in [0.1, 0.15) is 31.5 Å². The van der Waals surface area contributed by atoms with E-state index in [1.165, 1.54) is 13.0 Å². The Morgan fingerprint density at radius 2 is 1.85 bits per heavy atom. The van der Waals surface area contributed by atoms with Crippen molar-refractivity contribution >= 4 is 23.1 Å². The van der Waals surface area contributed by atoms with Crippen molar-refractivity contribution in [2.24, 2.45) is 10.9 Å². The summed E-state index contributed by atoms with van der Waals surface area (Å²) in [5, 5.41) is 3.09. The van der Waals surface area contributed by atoms with Gasteiger partial charge in [-0.15, -0.1) is 11.3 Å². The molecule has 0 spiro atoms. The molecule has 0 saturated heterocycles. The molecule has 5 nitrogen and oxygen atoms in total. The fraction of sp³-hybridized carbons (Fsp3) is 0.214. The fourth-order valence-corrected chi connectivity index (χ4v) is 2.61. The lowest BCUT2D eigenvalue weighted by atomic mass is 10.1. The molecule has 2 rings (SSSR count). The summed E-state index contributed by atoms with van der Waals surface area (Å²) in [6.45, 7) is 1.26. The Morgan fingerprint density at radius 1 is 1.19 bits per heavy atom. The van der Waals surface area contributed by atoms with Gasteiger partial charge >= 0.3 is 18.3 Å². The quantitative estimate of drug-likeness (QED) is 0.280. The van der Waals surface area contributed by atoms with Crippen LogP contribution in [0.25, 0.3) is 0 Å². The number of benzene rings is 1. The standard InChI is InChI=1S/C14H9F6N3O2S/c1-6-22-10(14(18,19)20)9(26-6)12(24)25-23-11(21)7-3-2-4-8(5-7)13(15,16)17/h2-5H,1H3,(H2,21,23). The predicted octanol–water partition coefficient (Wildman–Crippen LogP) is 3.97. The first-order valence-electron chi connectivity index (χ1n) is 6.66. The van der Waals surface area contributed by atoms with Gasteiger partial charge in [-0.1, -0.05) is 17.3 Å². The SMILES string of the molecule is Cc1nc(C(F)(F)F)c(C(=O)O/N=C(\N)c2cccc(C(F)(F)F)c2)s1. The topological polar surface area (TPSA) is 77.6 Å². The minimum Gasteiger partial charge on any atom is -0.380 e. The van der Waals surface area contributed by atoms with Crippen molar-refractivity contribution in [1.82, 2.24) is 4.98 Å². The van der Waals surface area contributed by atoms with Gasteiger partial charge < -0.3 is 10.6 Å². The normalized spacial score (nSPS) is 13.0. The number of oxime groups is 1. The number of hydrogen-bond donors (Lipinski definition) is 1. The molecule has 1 heterocycles. The molecule has 0 amide bonds. The molecule has 0 aliphatic heterocycles. The zero-order valence-corrected chi connectivity index (χ0v) is 13.6. The highest BCUT2D eigenvalue weighted by Gasteiger charge is 2.40. The smallest absolute Gasteiger partial charge is 0.380 e. The largest absolute Gasteiger partial charge is 0.435 e. The van der Waals surface area contributed by atoms with Gasteiger partial charge in [-0.3, -0.25) is 0 Å². The third-order valence-corrected chi connectivity index (χ3v) is 3.85. The lowest BCUT2D eigenvalue weighted by Crippen LogP contribution is -2.17. The van der Waals surface area contributed by atoms with Crippen LogP contribution >= 0.6 is 11.3 Å². The number of thiazole rings is 1. The Morgan fingerprint density at radius 3 is 2.42 bits per heavy atom. The molecule has 0 saturated carbocycles. The Balaban J connectivity index is 2.24. The molecule has 2 N–H and O–H groups in total. The summed E-state index contributed by atoms with van der Waals surface area (Å²) in [6, 6.07) is 3.67. The molecule has 0 aliphatic rings. The van der Waals surface area contributed by atoms with E-state index in [9.17, 15) is 31.1 Å². The number of aryl methyl sites for hydroxylation is 1. The Hall–Kier alpha value is -2.63. The first-order valence-corrected chi connectivity index (χ1v) is 7.48. The van der Waals surface area contributed by atoms with Gasteiger partial charge in [0, 0.05) is 5.56 Å². The molecule has 26 heavy (non-hydrogen) atoms. The highest BCUT2D eigenvalue weighted by molar-refractivity contribution is 7.13. The van der Waals surface area contributed by atoms with Crippen molar-refractivity contribution in [2.75, 3.05) is 0 Å². The maximum atomic E-state index is 12.8. The van der Waals surface area contributed by atoms with E-state index in [4.69, 9.17) is 5.73 Å². The van der Waals surface area contributed by atoms with Crippen LogP contribution in [0.15, 0.2) is 29.4 Å². The molecule has 0 aliphatic carbocycles. The van der Waals surface area contributed by atoms with E-state index in [1.807, 2.05) is 0 Å². The summed E-state index contributed by atoms with van der Waals surface area (Å²) in [4.78, 5) is 18.5. The van der Waals surface area contributed by atoms with E-state index in [2.05, 4.69) is 15.0 Å². The van der Waals surface area contributed by atoms with Crippen molar-refractivity contribution < 1.29 is 36.0 Å². The van der Waals surface area contributed by atoms with Gasteiger partial charge in [0.2, 0.25) is 0 Å². The van der Waals surface area contributed by atoms with Crippen molar-refractivity contribution in [3.05, 3.63) is 51.0 Å². The van der Waals surface area contributed by atoms with Crippen LogP contribution in [0.3, 0.4) is 0 Å². The van der Waals surface area contributed by atoms with E-state index in [0.29, 0.717) is 17.4 Å². The maximum absolute atomic E-state index is 12.8. The monoisotopic (exact) mass is 397 g/mol. The number of carbonyl (C=O) groups excluding carboxylic acids is 1. The molecule has 0 bridgehead atoms. The number of rotatable bonds is 3. The van der Waals surface area contributed by atoms with E-state index < -0.39 is 40.3 Å². The molecule has 12 heteroatoms. The van der Waals surface area contributed by atoms with E-state index in [-0.39, 0.29) is 10.6 Å². The number of nitrogens with zero attached hydrogens (tertiary/aromatic N) is 2. The summed E-state index contributed by atoms with van der Waals surface area (Å²) >= 11 is 0.438. The first-order chi connectivity index (χ1) is 11.9. The Labute approximate surface area is 146 Å². The van der Waals surface area contributed by atoms with Crippen molar-refractivity contribution in [3.63, 3.8) is 0 Å². The maximum Gasteiger partial charge on any atom is 0.435 e. The van der Waals surface area contributed by atoms with E-state index in [1.54, 1.807) is 0 Å². The van der Waals surface area contributed by atoms with E-state index in [0.717, 1.165) is 12.1 Å². The van der Waals surface area contributed by atoms with Crippen LogP contribution in [0.5, 0.6) is 0 Å². The van der Waals surface area contributed by atoms with E-state index >= 15 is 0 Å². The molecule has 1 aromatic heterocycles.